The molecule has 0 fully saturated rings. The Morgan fingerprint density at radius 3 is 2.62 bits per heavy atom. The summed E-state index contributed by atoms with van der Waals surface area (Å²) in [5, 5.41) is 3.44. The summed E-state index contributed by atoms with van der Waals surface area (Å²) < 4.78 is 9.42. The molecule has 0 aliphatic carbocycles. The van der Waals surface area contributed by atoms with Crippen molar-refractivity contribution < 1.29 is 14.1 Å². The van der Waals surface area contributed by atoms with E-state index in [2.05, 4.69) is 14.7 Å². The summed E-state index contributed by atoms with van der Waals surface area (Å²) in [6.45, 7) is 5.45. The number of amides is 1. The fourth-order valence-corrected chi connectivity index (χ4v) is 0.957. The second-order valence-electron chi connectivity index (χ2n) is 4.38. The maximum atomic E-state index is 11.5. The van der Waals surface area contributed by atoms with Gasteiger partial charge in [-0.25, -0.2) is 9.59 Å². The first kappa shape index (κ1) is 12.3. The largest absolute Gasteiger partial charge is 0.444 e. The highest BCUT2D eigenvalue weighted by molar-refractivity contribution is 5.67. The number of carbonyl (C=O) groups excluding carboxylic acids is 1. The third-order valence-electron chi connectivity index (χ3n) is 1.58. The van der Waals surface area contributed by atoms with Crippen molar-refractivity contribution >= 4 is 6.09 Å². The highest BCUT2D eigenvalue weighted by atomic mass is 16.6. The van der Waals surface area contributed by atoms with Crippen LogP contribution >= 0.6 is 0 Å². The maximum absolute atomic E-state index is 11.5. The normalized spacial score (nSPS) is 11.2. The van der Waals surface area contributed by atoms with E-state index in [1.165, 1.54) is 4.90 Å². The highest BCUT2D eigenvalue weighted by Crippen LogP contribution is 2.09. The zero-order valence-corrected chi connectivity index (χ0v) is 9.73. The van der Waals surface area contributed by atoms with E-state index in [0.717, 1.165) is 0 Å². The van der Waals surface area contributed by atoms with Crippen LogP contribution in [0.15, 0.2) is 9.32 Å². The van der Waals surface area contributed by atoms with Crippen molar-refractivity contribution in [1.82, 2.24) is 15.0 Å². The summed E-state index contributed by atoms with van der Waals surface area (Å²) in [5.41, 5.74) is -0.553. The molecule has 0 radical (unpaired) electrons. The minimum Gasteiger partial charge on any atom is -0.444 e. The smallest absolute Gasteiger partial charge is 0.438 e. The summed E-state index contributed by atoms with van der Waals surface area (Å²) in [6.07, 6.45) is -0.489. The molecule has 0 aromatic carbocycles. The number of H-pyrrole nitrogens is 1. The van der Waals surface area contributed by atoms with Crippen LogP contribution in [0, 0.1) is 0 Å². The predicted molar refractivity (Wildman–Crippen MR) is 54.8 cm³/mol. The number of hydrogen-bond donors (Lipinski definition) is 1. The highest BCUT2D eigenvalue weighted by Gasteiger charge is 2.20. The van der Waals surface area contributed by atoms with Crippen LogP contribution in [-0.2, 0) is 11.3 Å². The molecule has 0 unspecified atom stereocenters. The molecule has 1 rings (SSSR count). The van der Waals surface area contributed by atoms with E-state index in [4.69, 9.17) is 4.74 Å². The maximum Gasteiger partial charge on any atom is 0.438 e. The second kappa shape index (κ2) is 4.38. The molecular weight excluding hydrogens is 214 g/mol. The van der Waals surface area contributed by atoms with E-state index in [1.807, 2.05) is 0 Å². The van der Waals surface area contributed by atoms with Gasteiger partial charge in [-0.05, 0) is 20.8 Å². The molecule has 0 spiro atoms. The van der Waals surface area contributed by atoms with E-state index in [9.17, 15) is 9.59 Å². The van der Waals surface area contributed by atoms with Crippen molar-refractivity contribution in [2.24, 2.45) is 0 Å². The summed E-state index contributed by atoms with van der Waals surface area (Å²) in [5.74, 6) is -0.369. The molecule has 0 saturated carbocycles. The zero-order valence-electron chi connectivity index (χ0n) is 9.73. The lowest BCUT2D eigenvalue weighted by atomic mass is 10.2. The summed E-state index contributed by atoms with van der Waals surface area (Å²) in [6, 6.07) is 0. The third-order valence-corrected chi connectivity index (χ3v) is 1.58. The van der Waals surface area contributed by atoms with Crippen molar-refractivity contribution in [2.45, 2.75) is 32.9 Å². The molecule has 0 aliphatic rings. The molecule has 0 saturated heterocycles. The number of ether oxygens (including phenoxy) is 1. The first-order chi connectivity index (χ1) is 7.28. The van der Waals surface area contributed by atoms with Crippen LogP contribution in [0.5, 0.6) is 0 Å². The minimum absolute atomic E-state index is 0.126. The molecule has 16 heavy (non-hydrogen) atoms. The van der Waals surface area contributed by atoms with Gasteiger partial charge >= 0.3 is 11.8 Å². The van der Waals surface area contributed by atoms with Gasteiger partial charge in [0.15, 0.2) is 5.82 Å². The van der Waals surface area contributed by atoms with Gasteiger partial charge in [-0.3, -0.25) is 9.51 Å². The van der Waals surface area contributed by atoms with Crippen molar-refractivity contribution in [1.29, 1.82) is 0 Å². The fourth-order valence-electron chi connectivity index (χ4n) is 0.957. The molecule has 7 heteroatoms. The van der Waals surface area contributed by atoms with Gasteiger partial charge in [-0.15, -0.1) is 0 Å². The average Bonchev–Trinajstić information content (AvgIpc) is 2.48. The summed E-state index contributed by atoms with van der Waals surface area (Å²) in [7, 11) is 1.54. The van der Waals surface area contributed by atoms with Gasteiger partial charge in [-0.2, -0.15) is 0 Å². The molecule has 1 aromatic heterocycles. The molecule has 1 amide bonds. The number of rotatable bonds is 2. The van der Waals surface area contributed by atoms with Gasteiger partial charge in [0, 0.05) is 7.05 Å². The van der Waals surface area contributed by atoms with Gasteiger partial charge in [0.05, 0.1) is 6.54 Å². The number of carbonyl (C=O) groups is 1. The minimum atomic E-state index is -0.646. The van der Waals surface area contributed by atoms with Crippen LogP contribution in [-0.4, -0.2) is 33.8 Å². The molecule has 1 N–H and O–H groups in total. The number of aromatic nitrogens is 2. The first-order valence-corrected chi connectivity index (χ1v) is 4.77. The van der Waals surface area contributed by atoms with Crippen LogP contribution in [0.2, 0.25) is 0 Å². The Bertz CT molecular complexity index is 415. The quantitative estimate of drug-likeness (QED) is 0.807. The van der Waals surface area contributed by atoms with Crippen LogP contribution in [0.1, 0.15) is 26.6 Å². The number of nitrogens with zero attached hydrogens (tertiary/aromatic N) is 2. The van der Waals surface area contributed by atoms with Crippen molar-refractivity contribution in [3.8, 4) is 0 Å². The van der Waals surface area contributed by atoms with Gasteiger partial charge in [0.25, 0.3) is 0 Å². The van der Waals surface area contributed by atoms with Gasteiger partial charge < -0.3 is 9.64 Å². The van der Waals surface area contributed by atoms with Crippen LogP contribution in [0.25, 0.3) is 0 Å². The summed E-state index contributed by atoms with van der Waals surface area (Å²) >= 11 is 0. The van der Waals surface area contributed by atoms with Crippen molar-refractivity contribution in [3.05, 3.63) is 16.4 Å². The third kappa shape index (κ3) is 3.76. The average molecular weight is 229 g/mol. The molecular formula is C9H15N3O4. The lowest BCUT2D eigenvalue weighted by Crippen LogP contribution is -2.34. The predicted octanol–water partition coefficient (Wildman–Crippen LogP) is 0.730. The van der Waals surface area contributed by atoms with Crippen LogP contribution < -0.4 is 5.76 Å². The Morgan fingerprint density at radius 1 is 1.56 bits per heavy atom. The Hall–Kier alpha value is -1.79. The van der Waals surface area contributed by atoms with Gasteiger partial charge in [-0.1, -0.05) is 5.16 Å². The number of nitrogens with one attached hydrogen (secondary N) is 1. The lowest BCUT2D eigenvalue weighted by molar-refractivity contribution is 0.0280. The van der Waals surface area contributed by atoms with Crippen molar-refractivity contribution in [2.75, 3.05) is 7.05 Å². The topological polar surface area (TPSA) is 88.4 Å². The first-order valence-electron chi connectivity index (χ1n) is 4.77. The Balaban J connectivity index is 2.55. The zero-order chi connectivity index (χ0) is 12.3. The van der Waals surface area contributed by atoms with Gasteiger partial charge in [0.1, 0.15) is 5.60 Å². The Morgan fingerprint density at radius 2 is 2.19 bits per heavy atom. The Labute approximate surface area is 92.4 Å². The molecule has 1 heterocycles. The van der Waals surface area contributed by atoms with Crippen LogP contribution in [0.3, 0.4) is 0 Å². The second-order valence-corrected chi connectivity index (χ2v) is 4.38. The van der Waals surface area contributed by atoms with E-state index in [-0.39, 0.29) is 12.4 Å². The molecule has 7 nitrogen and oxygen atoms in total. The lowest BCUT2D eigenvalue weighted by Gasteiger charge is -2.23. The molecule has 0 bridgehead atoms. The molecule has 0 atom stereocenters. The summed E-state index contributed by atoms with van der Waals surface area (Å²) in [4.78, 5) is 25.8. The molecule has 0 aliphatic heterocycles. The van der Waals surface area contributed by atoms with Crippen LogP contribution in [0.4, 0.5) is 4.79 Å². The number of aromatic amines is 1. The fraction of sp³-hybridized carbons (Fsp3) is 0.667. The monoisotopic (exact) mass is 229 g/mol. The van der Waals surface area contributed by atoms with Crippen molar-refractivity contribution in [3.63, 3.8) is 0 Å². The van der Waals surface area contributed by atoms with E-state index in [0.29, 0.717) is 0 Å². The van der Waals surface area contributed by atoms with E-state index in [1.54, 1.807) is 27.8 Å². The van der Waals surface area contributed by atoms with Gasteiger partial charge in [0.2, 0.25) is 0 Å². The molecule has 1 aromatic rings. The molecule has 90 valence electrons. The Kier molecular flexibility index (Phi) is 3.36. The number of hydrogen-bond acceptors (Lipinski definition) is 5. The standard InChI is InChI=1S/C9H15N3O4/c1-9(2,3)15-8(14)12(4)5-6-10-7(13)16-11-6/h5H2,1-4H3,(H,10,11,13). The van der Waals surface area contributed by atoms with E-state index < -0.39 is 17.5 Å². The SMILES string of the molecule is CN(Cc1noc(=O)[nH]1)C(=O)OC(C)(C)C. The van der Waals surface area contributed by atoms with E-state index >= 15 is 0 Å².